The second-order valence-electron chi connectivity index (χ2n) is 3.11. The summed E-state index contributed by atoms with van der Waals surface area (Å²) in [6.07, 6.45) is 6.96. The molecule has 0 saturated heterocycles. The van der Waals surface area contributed by atoms with Crippen molar-refractivity contribution in [3.05, 3.63) is 52.0 Å². The topological polar surface area (TPSA) is 17.8 Å². The van der Waals surface area contributed by atoms with Gasteiger partial charge in [0, 0.05) is 33.7 Å². The van der Waals surface area contributed by atoms with Gasteiger partial charge in [-0.3, -0.25) is 0 Å². The summed E-state index contributed by atoms with van der Waals surface area (Å²) < 4.78 is 2.64. The fraction of sp³-hybridized carbons (Fsp3) is 0. The normalized spacial score (nSPS) is 11.8. The van der Waals surface area contributed by atoms with Crippen LogP contribution in [0.5, 0.6) is 0 Å². The Bertz CT molecular complexity index is 521. The van der Waals surface area contributed by atoms with Crippen LogP contribution in [0.15, 0.2) is 41.4 Å². The van der Waals surface area contributed by atoms with Crippen LogP contribution in [-0.2, 0) is 0 Å². The molecule has 1 aromatic carbocycles. The molecule has 0 aliphatic heterocycles. The maximum absolute atomic E-state index is 6.19. The van der Waals surface area contributed by atoms with E-state index in [-0.39, 0.29) is 0 Å². The second kappa shape index (κ2) is 5.04. The van der Waals surface area contributed by atoms with E-state index in [4.69, 9.17) is 23.2 Å². The number of imidazole rings is 1. The Morgan fingerprint density at radius 1 is 1.44 bits per heavy atom. The molecule has 1 aromatic heterocycles. The zero-order valence-electron chi connectivity index (χ0n) is 8.07. The van der Waals surface area contributed by atoms with Gasteiger partial charge in [-0.05, 0) is 12.1 Å². The van der Waals surface area contributed by atoms with Crippen molar-refractivity contribution in [3.63, 3.8) is 0 Å². The van der Waals surface area contributed by atoms with Crippen LogP contribution in [0.1, 0.15) is 5.56 Å². The van der Waals surface area contributed by atoms with Crippen molar-refractivity contribution in [2.45, 2.75) is 0 Å². The quantitative estimate of drug-likeness (QED) is 0.797. The molecular formula is C11H7BrCl2N2. The molecule has 2 rings (SSSR count). The van der Waals surface area contributed by atoms with Gasteiger partial charge in [-0.25, -0.2) is 4.98 Å². The highest BCUT2D eigenvalue weighted by molar-refractivity contribution is 9.10. The minimum absolute atomic E-state index is 0.613. The number of hydrogen-bond donors (Lipinski definition) is 0. The Kier molecular flexibility index (Phi) is 3.69. The fourth-order valence-corrected chi connectivity index (χ4v) is 2.52. The highest BCUT2D eigenvalue weighted by Gasteiger charge is 2.04. The molecule has 0 fully saturated rings. The van der Waals surface area contributed by atoms with Gasteiger partial charge in [-0.2, -0.15) is 0 Å². The van der Waals surface area contributed by atoms with E-state index in [9.17, 15) is 0 Å². The molecule has 0 atom stereocenters. The molecule has 0 unspecified atom stereocenters. The Hall–Kier alpha value is -0.770. The first-order valence-corrected chi connectivity index (χ1v) is 6.02. The molecule has 0 amide bonds. The zero-order chi connectivity index (χ0) is 11.5. The molecule has 5 heteroatoms. The Balaban J connectivity index is 2.37. The molecule has 82 valence electrons. The SMILES string of the molecule is Cl/C(=C/n1ccnc1)c1ccc(Cl)cc1Br. The fourth-order valence-electron chi connectivity index (χ4n) is 1.23. The van der Waals surface area contributed by atoms with Crippen LogP contribution in [0.3, 0.4) is 0 Å². The van der Waals surface area contributed by atoms with Crippen molar-refractivity contribution in [3.8, 4) is 0 Å². The zero-order valence-corrected chi connectivity index (χ0v) is 11.2. The summed E-state index contributed by atoms with van der Waals surface area (Å²) in [5, 5.41) is 1.28. The first kappa shape index (κ1) is 11.7. The molecule has 2 aromatic rings. The van der Waals surface area contributed by atoms with E-state index >= 15 is 0 Å². The third-order valence-electron chi connectivity index (χ3n) is 1.98. The van der Waals surface area contributed by atoms with Gasteiger partial charge in [0.2, 0.25) is 0 Å². The van der Waals surface area contributed by atoms with Crippen molar-refractivity contribution in [1.29, 1.82) is 0 Å². The van der Waals surface area contributed by atoms with Gasteiger partial charge in [-0.15, -0.1) is 0 Å². The monoisotopic (exact) mass is 316 g/mol. The third-order valence-corrected chi connectivity index (χ3v) is 3.17. The lowest BCUT2D eigenvalue weighted by Crippen LogP contribution is -1.84. The molecule has 1 heterocycles. The van der Waals surface area contributed by atoms with Crippen molar-refractivity contribution >= 4 is 50.4 Å². The van der Waals surface area contributed by atoms with Crippen LogP contribution in [0.2, 0.25) is 5.02 Å². The van der Waals surface area contributed by atoms with Crippen molar-refractivity contribution < 1.29 is 0 Å². The number of benzene rings is 1. The summed E-state index contributed by atoms with van der Waals surface area (Å²) >= 11 is 15.5. The molecule has 0 saturated carbocycles. The standard InChI is InChI=1S/C11H7BrCl2N2/c12-10-5-8(13)1-2-9(10)11(14)6-16-4-3-15-7-16/h1-7H/b11-6+. The van der Waals surface area contributed by atoms with E-state index < -0.39 is 0 Å². The summed E-state index contributed by atoms with van der Waals surface area (Å²) in [5.41, 5.74) is 0.889. The van der Waals surface area contributed by atoms with E-state index in [1.165, 1.54) is 0 Å². The van der Waals surface area contributed by atoms with Crippen LogP contribution in [0.25, 0.3) is 11.2 Å². The third kappa shape index (κ3) is 2.67. The highest BCUT2D eigenvalue weighted by atomic mass is 79.9. The smallest absolute Gasteiger partial charge is 0.0987 e. The molecule has 0 aliphatic rings. The maximum Gasteiger partial charge on any atom is 0.0987 e. The van der Waals surface area contributed by atoms with Crippen molar-refractivity contribution in [1.82, 2.24) is 9.55 Å². The van der Waals surface area contributed by atoms with Gasteiger partial charge in [0.05, 0.1) is 11.4 Å². The maximum atomic E-state index is 6.19. The van der Waals surface area contributed by atoms with E-state index in [2.05, 4.69) is 20.9 Å². The summed E-state index contributed by atoms with van der Waals surface area (Å²) in [6.45, 7) is 0. The van der Waals surface area contributed by atoms with Gasteiger partial charge < -0.3 is 4.57 Å². The number of halogens is 3. The summed E-state index contributed by atoms with van der Waals surface area (Å²) in [6, 6.07) is 5.47. The van der Waals surface area contributed by atoms with E-state index in [0.717, 1.165) is 10.0 Å². The Morgan fingerprint density at radius 3 is 2.88 bits per heavy atom. The summed E-state index contributed by atoms with van der Waals surface area (Å²) in [5.74, 6) is 0. The van der Waals surface area contributed by atoms with Crippen molar-refractivity contribution in [2.75, 3.05) is 0 Å². The molecule has 0 radical (unpaired) electrons. The minimum atomic E-state index is 0.613. The van der Waals surface area contributed by atoms with Crippen molar-refractivity contribution in [2.24, 2.45) is 0 Å². The molecule has 0 bridgehead atoms. The van der Waals surface area contributed by atoms with Crippen LogP contribution < -0.4 is 0 Å². The minimum Gasteiger partial charge on any atom is -0.312 e. The predicted octanol–water partition coefficient (Wildman–Crippen LogP) is 4.49. The van der Waals surface area contributed by atoms with Crippen LogP contribution >= 0.6 is 39.1 Å². The first-order valence-electron chi connectivity index (χ1n) is 4.47. The first-order chi connectivity index (χ1) is 7.66. The average molecular weight is 318 g/mol. The van der Waals surface area contributed by atoms with E-state index in [1.807, 2.05) is 12.3 Å². The lowest BCUT2D eigenvalue weighted by molar-refractivity contribution is 1.14. The number of hydrogen-bond acceptors (Lipinski definition) is 1. The Labute approximate surface area is 112 Å². The summed E-state index contributed by atoms with van der Waals surface area (Å²) in [4.78, 5) is 3.93. The number of rotatable bonds is 2. The van der Waals surface area contributed by atoms with Crippen LogP contribution in [-0.4, -0.2) is 9.55 Å². The van der Waals surface area contributed by atoms with Crippen LogP contribution in [0.4, 0.5) is 0 Å². The second-order valence-corrected chi connectivity index (χ2v) is 4.81. The summed E-state index contributed by atoms with van der Waals surface area (Å²) in [7, 11) is 0. The lowest BCUT2D eigenvalue weighted by atomic mass is 10.2. The molecule has 0 N–H and O–H groups in total. The highest BCUT2D eigenvalue weighted by Crippen LogP contribution is 2.29. The number of aromatic nitrogens is 2. The lowest BCUT2D eigenvalue weighted by Gasteiger charge is -2.03. The van der Waals surface area contributed by atoms with E-state index in [0.29, 0.717) is 10.1 Å². The van der Waals surface area contributed by atoms with Gasteiger partial charge in [-0.1, -0.05) is 45.2 Å². The molecule has 0 spiro atoms. The Morgan fingerprint density at radius 2 is 2.25 bits per heavy atom. The van der Waals surface area contributed by atoms with Gasteiger partial charge in [0.15, 0.2) is 0 Å². The average Bonchev–Trinajstić information content (AvgIpc) is 2.70. The molecule has 0 aliphatic carbocycles. The number of nitrogens with zero attached hydrogens (tertiary/aromatic N) is 2. The molecular weight excluding hydrogens is 311 g/mol. The van der Waals surface area contributed by atoms with Gasteiger partial charge >= 0.3 is 0 Å². The van der Waals surface area contributed by atoms with E-state index in [1.54, 1.807) is 35.4 Å². The van der Waals surface area contributed by atoms with Gasteiger partial charge in [0.1, 0.15) is 0 Å². The molecule has 2 nitrogen and oxygen atoms in total. The largest absolute Gasteiger partial charge is 0.312 e. The van der Waals surface area contributed by atoms with Gasteiger partial charge in [0.25, 0.3) is 0 Å². The van der Waals surface area contributed by atoms with Crippen LogP contribution in [0, 0.1) is 0 Å². The predicted molar refractivity (Wildman–Crippen MR) is 71.4 cm³/mol. The molecule has 16 heavy (non-hydrogen) atoms.